The first-order valence-corrected chi connectivity index (χ1v) is 5.08. The number of nitrogens with zero attached hydrogens (tertiary/aromatic N) is 3. The standard InChI is InChI=1S/C12H16N3/c1-9-7-10(2)12(11(3)8-9)15(4)6-5-13-14-15/h5-8H,1-4H3/q+1. The maximum Gasteiger partial charge on any atom is 0.171 e. The highest BCUT2D eigenvalue weighted by Crippen LogP contribution is 2.33. The van der Waals surface area contributed by atoms with Crippen LogP contribution in [0.1, 0.15) is 16.7 Å². The van der Waals surface area contributed by atoms with Crippen molar-refractivity contribution in [2.75, 3.05) is 7.05 Å². The second-order valence-corrected chi connectivity index (χ2v) is 4.28. The van der Waals surface area contributed by atoms with Crippen molar-refractivity contribution in [3.05, 3.63) is 41.2 Å². The third-order valence-corrected chi connectivity index (χ3v) is 2.75. The van der Waals surface area contributed by atoms with Gasteiger partial charge in [-0.15, -0.1) is 9.71 Å². The highest BCUT2D eigenvalue weighted by Gasteiger charge is 2.30. The van der Waals surface area contributed by atoms with E-state index in [1.165, 1.54) is 22.4 Å². The van der Waals surface area contributed by atoms with E-state index in [0.29, 0.717) is 4.59 Å². The maximum absolute atomic E-state index is 4.24. The predicted octanol–water partition coefficient (Wildman–Crippen LogP) is 3.40. The van der Waals surface area contributed by atoms with Crippen LogP contribution in [0.2, 0.25) is 0 Å². The van der Waals surface area contributed by atoms with E-state index in [0.717, 1.165) is 0 Å². The molecule has 0 amide bonds. The summed E-state index contributed by atoms with van der Waals surface area (Å²) >= 11 is 0. The number of hydrogen-bond acceptors (Lipinski definition) is 2. The molecule has 1 aliphatic heterocycles. The largest absolute Gasteiger partial charge is 0.171 e. The Labute approximate surface area is 90.3 Å². The first-order chi connectivity index (χ1) is 7.03. The summed E-state index contributed by atoms with van der Waals surface area (Å²) in [5, 5.41) is 8.17. The molecule has 1 aromatic carbocycles. The molecule has 1 atom stereocenters. The van der Waals surface area contributed by atoms with Gasteiger partial charge >= 0.3 is 0 Å². The third-order valence-electron chi connectivity index (χ3n) is 2.75. The molecule has 15 heavy (non-hydrogen) atoms. The molecular formula is C12H16N3+. The number of aryl methyl sites for hydroxylation is 3. The molecule has 0 spiro atoms. The van der Waals surface area contributed by atoms with E-state index >= 15 is 0 Å². The molecule has 1 aliphatic rings. The number of rotatable bonds is 1. The molecule has 2 rings (SSSR count). The Morgan fingerprint density at radius 1 is 1.07 bits per heavy atom. The van der Waals surface area contributed by atoms with E-state index in [-0.39, 0.29) is 0 Å². The minimum absolute atomic E-state index is 0.429. The summed E-state index contributed by atoms with van der Waals surface area (Å²) in [4.78, 5) is 0. The fourth-order valence-electron chi connectivity index (χ4n) is 2.33. The van der Waals surface area contributed by atoms with E-state index in [4.69, 9.17) is 0 Å². The summed E-state index contributed by atoms with van der Waals surface area (Å²) < 4.78 is 0.429. The van der Waals surface area contributed by atoms with E-state index in [2.05, 4.69) is 43.2 Å². The summed E-state index contributed by atoms with van der Waals surface area (Å²) in [6.07, 6.45) is 3.74. The van der Waals surface area contributed by atoms with Crippen molar-refractivity contribution in [2.45, 2.75) is 20.8 Å². The molecule has 0 radical (unpaired) electrons. The average Bonchev–Trinajstić information content (AvgIpc) is 2.50. The number of benzene rings is 1. The van der Waals surface area contributed by atoms with Gasteiger partial charge in [-0.3, -0.25) is 0 Å². The summed E-state index contributed by atoms with van der Waals surface area (Å²) in [5.74, 6) is 0. The Morgan fingerprint density at radius 2 is 1.67 bits per heavy atom. The van der Waals surface area contributed by atoms with Crippen molar-refractivity contribution in [2.24, 2.45) is 10.3 Å². The third kappa shape index (κ3) is 1.59. The van der Waals surface area contributed by atoms with Gasteiger partial charge in [0.15, 0.2) is 5.69 Å². The number of hydrogen-bond donors (Lipinski definition) is 0. The smallest absolute Gasteiger partial charge is 0.121 e. The number of quaternary nitrogens is 1. The van der Waals surface area contributed by atoms with Crippen LogP contribution in [0.15, 0.2) is 34.9 Å². The van der Waals surface area contributed by atoms with Crippen LogP contribution >= 0.6 is 0 Å². The molecule has 1 heterocycles. The van der Waals surface area contributed by atoms with Gasteiger partial charge in [0.1, 0.15) is 19.4 Å². The highest BCUT2D eigenvalue weighted by molar-refractivity contribution is 5.58. The lowest BCUT2D eigenvalue weighted by Crippen LogP contribution is -2.31. The van der Waals surface area contributed by atoms with Gasteiger partial charge in [0, 0.05) is 16.4 Å². The monoisotopic (exact) mass is 202 g/mol. The zero-order valence-electron chi connectivity index (χ0n) is 9.65. The molecule has 0 aromatic heterocycles. The SMILES string of the molecule is Cc1cc(C)c([N+]2(C)C=CN=N2)c(C)c1. The molecule has 0 N–H and O–H groups in total. The fraction of sp³-hybridized carbons (Fsp3) is 0.333. The molecule has 78 valence electrons. The second-order valence-electron chi connectivity index (χ2n) is 4.28. The topological polar surface area (TPSA) is 24.7 Å². The first kappa shape index (κ1) is 10.1. The van der Waals surface area contributed by atoms with E-state index in [1.54, 1.807) is 6.20 Å². The average molecular weight is 202 g/mol. The van der Waals surface area contributed by atoms with Crippen LogP contribution in [-0.2, 0) is 0 Å². The van der Waals surface area contributed by atoms with Crippen molar-refractivity contribution in [1.82, 2.24) is 4.59 Å². The quantitative estimate of drug-likeness (QED) is 0.623. The van der Waals surface area contributed by atoms with Crippen LogP contribution in [0.25, 0.3) is 0 Å². The van der Waals surface area contributed by atoms with Crippen molar-refractivity contribution in [3.63, 3.8) is 0 Å². The van der Waals surface area contributed by atoms with Gasteiger partial charge in [-0.25, -0.2) is 0 Å². The Morgan fingerprint density at radius 3 is 2.13 bits per heavy atom. The lowest BCUT2D eigenvalue weighted by atomic mass is 10.0. The molecule has 1 aromatic rings. The van der Waals surface area contributed by atoms with Crippen molar-refractivity contribution in [1.29, 1.82) is 0 Å². The summed E-state index contributed by atoms with van der Waals surface area (Å²) in [6, 6.07) is 4.38. The summed E-state index contributed by atoms with van der Waals surface area (Å²) in [6.45, 7) is 6.37. The Balaban J connectivity index is 2.63. The summed E-state index contributed by atoms with van der Waals surface area (Å²) in [7, 11) is 2.04. The van der Waals surface area contributed by atoms with Crippen LogP contribution < -0.4 is 4.59 Å². The molecule has 0 saturated heterocycles. The van der Waals surface area contributed by atoms with Gasteiger partial charge in [-0.2, -0.15) is 0 Å². The molecule has 0 saturated carbocycles. The maximum atomic E-state index is 4.24. The van der Waals surface area contributed by atoms with Crippen molar-refractivity contribution in [3.8, 4) is 0 Å². The fourth-order valence-corrected chi connectivity index (χ4v) is 2.33. The van der Waals surface area contributed by atoms with Crippen LogP contribution in [0, 0.1) is 20.8 Å². The normalized spacial score (nSPS) is 23.7. The van der Waals surface area contributed by atoms with Gasteiger partial charge in [0.25, 0.3) is 0 Å². The molecular weight excluding hydrogens is 186 g/mol. The van der Waals surface area contributed by atoms with Crippen LogP contribution in [-0.4, -0.2) is 7.05 Å². The summed E-state index contributed by atoms with van der Waals surface area (Å²) in [5.41, 5.74) is 5.04. The molecule has 0 bridgehead atoms. The van der Waals surface area contributed by atoms with Gasteiger partial charge in [-0.05, 0) is 20.8 Å². The lowest BCUT2D eigenvalue weighted by Gasteiger charge is -2.22. The van der Waals surface area contributed by atoms with Crippen LogP contribution in [0.3, 0.4) is 0 Å². The predicted molar refractivity (Wildman–Crippen MR) is 62.4 cm³/mol. The lowest BCUT2D eigenvalue weighted by molar-refractivity contribution is 0.459. The van der Waals surface area contributed by atoms with Gasteiger partial charge in [0.2, 0.25) is 0 Å². The second kappa shape index (κ2) is 3.28. The van der Waals surface area contributed by atoms with E-state index in [9.17, 15) is 0 Å². The van der Waals surface area contributed by atoms with Gasteiger partial charge < -0.3 is 0 Å². The Kier molecular flexibility index (Phi) is 2.20. The van der Waals surface area contributed by atoms with Gasteiger partial charge in [0.05, 0.1) is 0 Å². The molecule has 1 unspecified atom stereocenters. The molecule has 3 heteroatoms. The minimum atomic E-state index is 0.429. The zero-order chi connectivity index (χ0) is 11.1. The zero-order valence-corrected chi connectivity index (χ0v) is 9.65. The molecule has 0 aliphatic carbocycles. The first-order valence-electron chi connectivity index (χ1n) is 5.08. The Bertz CT molecular complexity index is 423. The molecule has 0 fully saturated rings. The van der Waals surface area contributed by atoms with E-state index in [1.807, 2.05) is 13.2 Å². The Hall–Kier alpha value is -1.48. The minimum Gasteiger partial charge on any atom is -0.121 e. The van der Waals surface area contributed by atoms with Crippen molar-refractivity contribution < 1.29 is 0 Å². The molecule has 3 nitrogen and oxygen atoms in total. The van der Waals surface area contributed by atoms with Gasteiger partial charge in [-0.1, -0.05) is 17.7 Å². The van der Waals surface area contributed by atoms with Crippen molar-refractivity contribution >= 4 is 5.69 Å². The van der Waals surface area contributed by atoms with Crippen LogP contribution in [0.4, 0.5) is 5.69 Å². The van der Waals surface area contributed by atoms with E-state index < -0.39 is 0 Å². The highest BCUT2D eigenvalue weighted by atomic mass is 15.7. The van der Waals surface area contributed by atoms with Crippen LogP contribution in [0.5, 0.6) is 0 Å².